The second-order valence-electron chi connectivity index (χ2n) is 6.32. The third-order valence-corrected chi connectivity index (χ3v) is 4.69. The first-order valence-corrected chi connectivity index (χ1v) is 9.27. The highest BCUT2D eigenvalue weighted by atomic mass is 35.5. The van der Waals surface area contributed by atoms with E-state index in [1.807, 2.05) is 6.92 Å². The zero-order chi connectivity index (χ0) is 21.9. The fourth-order valence-corrected chi connectivity index (χ4v) is 3.15. The average Bonchev–Trinajstić information content (AvgIpc) is 2.70. The van der Waals surface area contributed by atoms with E-state index >= 15 is 0 Å². The second kappa shape index (κ2) is 8.80. The summed E-state index contributed by atoms with van der Waals surface area (Å²) >= 11 is 5.73. The number of alkyl halides is 3. The van der Waals surface area contributed by atoms with Crippen LogP contribution in [0.3, 0.4) is 0 Å². The van der Waals surface area contributed by atoms with Gasteiger partial charge in [-0.2, -0.15) is 13.2 Å². The molecule has 0 amide bonds. The van der Waals surface area contributed by atoms with Crippen molar-refractivity contribution in [1.82, 2.24) is 20.3 Å². The van der Waals surface area contributed by atoms with Crippen molar-refractivity contribution in [3.8, 4) is 0 Å². The molecular formula is C19H17ClF3N5O2. The van der Waals surface area contributed by atoms with Crippen LogP contribution in [-0.4, -0.2) is 39.1 Å². The molecule has 0 aliphatic carbocycles. The highest BCUT2D eigenvalue weighted by molar-refractivity contribution is 6.31. The van der Waals surface area contributed by atoms with Crippen LogP contribution in [0.2, 0.25) is 5.02 Å². The first-order chi connectivity index (χ1) is 14.2. The topological polar surface area (TPSA) is 100 Å². The van der Waals surface area contributed by atoms with Gasteiger partial charge in [0.1, 0.15) is 17.4 Å². The lowest BCUT2D eigenvalue weighted by atomic mass is 10.0. The number of hydrogen-bond donors (Lipinski definition) is 3. The molecule has 7 nitrogen and oxygen atoms in total. The minimum atomic E-state index is -4.60. The predicted octanol–water partition coefficient (Wildman–Crippen LogP) is 4.16. The Kier molecular flexibility index (Phi) is 6.37. The van der Waals surface area contributed by atoms with Gasteiger partial charge in [-0.25, -0.2) is 14.8 Å². The van der Waals surface area contributed by atoms with E-state index in [1.165, 1.54) is 30.7 Å². The fourth-order valence-electron chi connectivity index (χ4n) is 2.92. The number of carboxylic acids is 1. The summed E-state index contributed by atoms with van der Waals surface area (Å²) in [5, 5.41) is 15.1. The summed E-state index contributed by atoms with van der Waals surface area (Å²) in [6.07, 6.45) is -2.12. The fraction of sp³-hybridized carbons (Fsp3) is 0.263. The van der Waals surface area contributed by atoms with E-state index in [1.54, 1.807) is 0 Å². The van der Waals surface area contributed by atoms with Gasteiger partial charge < -0.3 is 15.7 Å². The van der Waals surface area contributed by atoms with Crippen LogP contribution in [0.1, 0.15) is 34.5 Å². The van der Waals surface area contributed by atoms with E-state index in [9.17, 15) is 23.1 Å². The average molecular weight is 440 g/mol. The summed E-state index contributed by atoms with van der Waals surface area (Å²) in [4.78, 5) is 23.7. The lowest BCUT2D eigenvalue weighted by Crippen LogP contribution is -2.27. The normalized spacial score (nSPS) is 12.7. The summed E-state index contributed by atoms with van der Waals surface area (Å²) < 4.78 is 39.9. The van der Waals surface area contributed by atoms with Crippen molar-refractivity contribution < 1.29 is 23.1 Å². The lowest BCUT2D eigenvalue weighted by Gasteiger charge is -2.22. The summed E-state index contributed by atoms with van der Waals surface area (Å²) in [6, 6.07) is 4.35. The van der Waals surface area contributed by atoms with Crippen LogP contribution >= 0.6 is 11.6 Å². The van der Waals surface area contributed by atoms with Crippen molar-refractivity contribution in [3.63, 3.8) is 0 Å². The van der Waals surface area contributed by atoms with Gasteiger partial charge in [0.25, 0.3) is 0 Å². The summed E-state index contributed by atoms with van der Waals surface area (Å²) in [6.45, 7) is 2.73. The molecule has 1 atom stereocenters. The van der Waals surface area contributed by atoms with Crippen LogP contribution in [0.15, 0.2) is 36.8 Å². The summed E-state index contributed by atoms with van der Waals surface area (Å²) in [7, 11) is 0. The molecule has 1 aromatic carbocycles. The quantitative estimate of drug-likeness (QED) is 0.508. The highest BCUT2D eigenvalue weighted by Gasteiger charge is 2.34. The van der Waals surface area contributed by atoms with Crippen molar-refractivity contribution >= 4 is 34.4 Å². The van der Waals surface area contributed by atoms with Gasteiger partial charge in [-0.1, -0.05) is 24.6 Å². The van der Waals surface area contributed by atoms with E-state index in [0.29, 0.717) is 12.1 Å². The molecule has 2 aromatic heterocycles. The number of hydrogen-bond acceptors (Lipinski definition) is 6. The predicted molar refractivity (Wildman–Crippen MR) is 106 cm³/mol. The molecule has 3 aromatic rings. The molecule has 158 valence electrons. The van der Waals surface area contributed by atoms with Crippen LogP contribution < -0.4 is 10.6 Å². The van der Waals surface area contributed by atoms with E-state index in [-0.39, 0.29) is 29.0 Å². The number of nitrogens with one attached hydrogen (secondary N) is 2. The lowest BCUT2D eigenvalue weighted by molar-refractivity contribution is -0.137. The maximum atomic E-state index is 13.3. The van der Waals surface area contributed by atoms with Crippen LogP contribution in [0.5, 0.6) is 0 Å². The Morgan fingerprint density at radius 3 is 2.63 bits per heavy atom. The van der Waals surface area contributed by atoms with E-state index < -0.39 is 28.8 Å². The molecule has 0 saturated carbocycles. The number of benzene rings is 1. The van der Waals surface area contributed by atoms with Crippen LogP contribution in [0.25, 0.3) is 11.0 Å². The van der Waals surface area contributed by atoms with Gasteiger partial charge in [-0.15, -0.1) is 0 Å². The molecule has 0 unspecified atom stereocenters. The third-order valence-electron chi connectivity index (χ3n) is 4.36. The first-order valence-electron chi connectivity index (χ1n) is 8.89. The van der Waals surface area contributed by atoms with Crippen molar-refractivity contribution in [2.45, 2.75) is 19.1 Å². The Hall–Kier alpha value is -2.98. The minimum Gasteiger partial charge on any atom is -0.478 e. The van der Waals surface area contributed by atoms with Crippen molar-refractivity contribution in [1.29, 1.82) is 0 Å². The summed E-state index contributed by atoms with van der Waals surface area (Å²) in [5.74, 6) is -0.974. The third kappa shape index (κ3) is 4.60. The molecule has 0 aliphatic heterocycles. The van der Waals surface area contributed by atoms with Gasteiger partial charge in [-0.05, 0) is 30.3 Å². The minimum absolute atomic E-state index is 0.0560. The molecule has 11 heteroatoms. The molecule has 0 radical (unpaired) electrons. The van der Waals surface area contributed by atoms with E-state index in [4.69, 9.17) is 11.6 Å². The Morgan fingerprint density at radius 1 is 1.20 bits per heavy atom. The number of fused-ring (bicyclic) bond motifs is 1. The Labute approximate surface area is 174 Å². The number of rotatable bonds is 7. The van der Waals surface area contributed by atoms with Gasteiger partial charge in [0, 0.05) is 12.7 Å². The molecular weight excluding hydrogens is 423 g/mol. The number of aromatic nitrogens is 3. The molecule has 0 fully saturated rings. The SMILES string of the molecule is CCNC[C@@H](Nc1ncnc2c(C(=O)O)ccnc12)c1ccc(Cl)c(C(F)(F)F)c1. The Morgan fingerprint density at radius 2 is 1.97 bits per heavy atom. The summed E-state index contributed by atoms with van der Waals surface area (Å²) in [5.41, 5.74) is -0.349. The van der Waals surface area contributed by atoms with Crippen molar-refractivity contribution in [3.05, 3.63) is 58.5 Å². The number of carboxylic acid groups (broad SMARTS) is 1. The number of nitrogens with zero attached hydrogens (tertiary/aromatic N) is 3. The van der Waals surface area contributed by atoms with Crippen LogP contribution in [0.4, 0.5) is 19.0 Å². The van der Waals surface area contributed by atoms with Crippen LogP contribution in [0, 0.1) is 0 Å². The zero-order valence-electron chi connectivity index (χ0n) is 15.7. The van der Waals surface area contributed by atoms with E-state index in [2.05, 4.69) is 25.6 Å². The van der Waals surface area contributed by atoms with E-state index in [0.717, 1.165) is 6.07 Å². The van der Waals surface area contributed by atoms with Crippen molar-refractivity contribution in [2.24, 2.45) is 0 Å². The van der Waals surface area contributed by atoms with Crippen LogP contribution in [-0.2, 0) is 6.18 Å². The molecule has 3 rings (SSSR count). The number of pyridine rings is 1. The smallest absolute Gasteiger partial charge is 0.417 e. The number of likely N-dealkylation sites (N-methyl/N-ethyl adjacent to an activating group) is 1. The van der Waals surface area contributed by atoms with Gasteiger partial charge in [0.2, 0.25) is 0 Å². The van der Waals surface area contributed by atoms with Gasteiger partial charge in [0.15, 0.2) is 5.82 Å². The molecule has 0 saturated heterocycles. The standard InChI is InChI=1S/C19H17ClF3N5O2/c1-2-24-8-14(10-3-4-13(20)12(7-10)19(21,22)23)28-17-16-15(26-9-27-17)11(18(29)30)5-6-25-16/h3-7,9,14,24H,2,8H2,1H3,(H,29,30)(H,26,27,28)/t14-/m1/s1. The molecule has 3 N–H and O–H groups in total. The largest absolute Gasteiger partial charge is 0.478 e. The maximum Gasteiger partial charge on any atom is 0.417 e. The second-order valence-corrected chi connectivity index (χ2v) is 6.73. The van der Waals surface area contributed by atoms with Gasteiger partial charge in [0.05, 0.1) is 22.2 Å². The zero-order valence-corrected chi connectivity index (χ0v) is 16.4. The molecule has 0 aliphatic rings. The Bertz CT molecular complexity index is 1080. The number of halogens is 4. The molecule has 2 heterocycles. The first kappa shape index (κ1) is 21.7. The number of aromatic carboxylic acids is 1. The monoisotopic (exact) mass is 439 g/mol. The number of carbonyl (C=O) groups is 1. The van der Waals surface area contributed by atoms with Crippen molar-refractivity contribution in [2.75, 3.05) is 18.4 Å². The maximum absolute atomic E-state index is 13.3. The van der Waals surface area contributed by atoms with Gasteiger partial charge in [-0.3, -0.25) is 4.98 Å². The molecule has 0 spiro atoms. The Balaban J connectivity index is 2.05. The molecule has 30 heavy (non-hydrogen) atoms. The van der Waals surface area contributed by atoms with Gasteiger partial charge >= 0.3 is 12.1 Å². The highest BCUT2D eigenvalue weighted by Crippen LogP contribution is 2.36. The number of anilines is 1. The molecule has 0 bridgehead atoms.